The van der Waals surface area contributed by atoms with Gasteiger partial charge in [0, 0.05) is 6.54 Å². The third-order valence-electron chi connectivity index (χ3n) is 2.95. The van der Waals surface area contributed by atoms with Crippen LogP contribution < -0.4 is 5.32 Å². The fraction of sp³-hybridized carbons (Fsp3) is 0.125. The number of nitrogens with zero attached hydrogens (tertiary/aromatic N) is 1. The summed E-state index contributed by atoms with van der Waals surface area (Å²) in [7, 11) is 1.27. The topological polar surface area (TPSA) is 62.1 Å². The summed E-state index contributed by atoms with van der Waals surface area (Å²) in [6, 6.07) is 13.0. The molecule has 0 fully saturated rings. The summed E-state index contributed by atoms with van der Waals surface area (Å²) < 4.78 is 18.3. The molecule has 0 amide bonds. The Labute approximate surface area is 121 Å². The maximum absolute atomic E-state index is 13.7. The fourth-order valence-electron chi connectivity index (χ4n) is 1.80. The van der Waals surface area contributed by atoms with Crippen LogP contribution in [0.2, 0.25) is 0 Å². The second kappa shape index (κ2) is 6.53. The van der Waals surface area contributed by atoms with E-state index in [1.165, 1.54) is 25.3 Å². The molecule has 5 heteroatoms. The van der Waals surface area contributed by atoms with Crippen LogP contribution in [0.15, 0.2) is 42.5 Å². The van der Waals surface area contributed by atoms with E-state index in [4.69, 9.17) is 5.26 Å². The van der Waals surface area contributed by atoms with Gasteiger partial charge < -0.3 is 10.1 Å². The third-order valence-corrected chi connectivity index (χ3v) is 2.95. The molecule has 0 unspecified atom stereocenters. The summed E-state index contributed by atoms with van der Waals surface area (Å²) in [5, 5.41) is 11.6. The van der Waals surface area contributed by atoms with Gasteiger partial charge in [0.05, 0.1) is 30.0 Å². The van der Waals surface area contributed by atoms with E-state index in [-0.39, 0.29) is 11.3 Å². The predicted octanol–water partition coefficient (Wildman–Crippen LogP) is 3.10. The highest BCUT2D eigenvalue weighted by Crippen LogP contribution is 2.18. The lowest BCUT2D eigenvalue weighted by molar-refractivity contribution is 0.0600. The highest BCUT2D eigenvalue weighted by molar-refractivity contribution is 5.90. The average molecular weight is 284 g/mol. The van der Waals surface area contributed by atoms with Crippen LogP contribution in [-0.4, -0.2) is 13.1 Å². The lowest BCUT2D eigenvalue weighted by atomic mass is 10.1. The van der Waals surface area contributed by atoms with Crippen LogP contribution in [0.5, 0.6) is 0 Å². The van der Waals surface area contributed by atoms with Crippen molar-refractivity contribution in [2.45, 2.75) is 6.54 Å². The third kappa shape index (κ3) is 3.57. The van der Waals surface area contributed by atoms with Crippen LogP contribution in [0, 0.1) is 17.1 Å². The Morgan fingerprint density at radius 2 is 2.00 bits per heavy atom. The summed E-state index contributed by atoms with van der Waals surface area (Å²) in [5.41, 5.74) is 1.97. The van der Waals surface area contributed by atoms with Gasteiger partial charge in [-0.2, -0.15) is 5.26 Å². The molecular formula is C16H13FN2O2. The van der Waals surface area contributed by atoms with E-state index in [2.05, 4.69) is 10.1 Å². The maximum Gasteiger partial charge on any atom is 0.337 e. The number of carbonyl (C=O) groups is 1. The van der Waals surface area contributed by atoms with Crippen LogP contribution in [0.25, 0.3) is 0 Å². The highest BCUT2D eigenvalue weighted by Gasteiger charge is 2.09. The second-order valence-corrected chi connectivity index (χ2v) is 4.35. The summed E-state index contributed by atoms with van der Waals surface area (Å²) in [5.74, 6) is -0.965. The molecule has 0 radical (unpaired) electrons. The molecule has 0 atom stereocenters. The van der Waals surface area contributed by atoms with Crippen molar-refractivity contribution in [1.82, 2.24) is 0 Å². The van der Waals surface area contributed by atoms with Gasteiger partial charge in [-0.1, -0.05) is 12.1 Å². The van der Waals surface area contributed by atoms with Crippen molar-refractivity contribution in [2.24, 2.45) is 0 Å². The zero-order valence-electron chi connectivity index (χ0n) is 11.4. The molecule has 4 nitrogen and oxygen atoms in total. The minimum Gasteiger partial charge on any atom is -0.465 e. The summed E-state index contributed by atoms with van der Waals surface area (Å²) >= 11 is 0. The standard InChI is InChI=1S/C16H13FN2O2/c1-21-16(20)13-6-7-14(17)15(8-13)19-10-12-4-2-11(9-18)3-5-12/h2-8,19H,10H2,1H3. The van der Waals surface area contributed by atoms with Gasteiger partial charge in [-0.15, -0.1) is 0 Å². The van der Waals surface area contributed by atoms with Crippen molar-refractivity contribution in [3.8, 4) is 6.07 Å². The molecule has 0 aromatic heterocycles. The summed E-state index contributed by atoms with van der Waals surface area (Å²) in [6.07, 6.45) is 0. The highest BCUT2D eigenvalue weighted by atomic mass is 19.1. The van der Waals surface area contributed by atoms with Crippen LogP contribution in [0.1, 0.15) is 21.5 Å². The number of halogens is 1. The molecule has 0 aliphatic carbocycles. The van der Waals surface area contributed by atoms with E-state index in [0.717, 1.165) is 5.56 Å². The van der Waals surface area contributed by atoms with Gasteiger partial charge in [-0.05, 0) is 35.9 Å². The van der Waals surface area contributed by atoms with Gasteiger partial charge in [0.25, 0.3) is 0 Å². The van der Waals surface area contributed by atoms with Gasteiger partial charge >= 0.3 is 5.97 Å². The number of rotatable bonds is 4. The Hall–Kier alpha value is -2.87. The smallest absolute Gasteiger partial charge is 0.337 e. The first-order valence-electron chi connectivity index (χ1n) is 6.25. The van der Waals surface area contributed by atoms with E-state index >= 15 is 0 Å². The van der Waals surface area contributed by atoms with Gasteiger partial charge in [-0.3, -0.25) is 0 Å². The molecule has 0 bridgehead atoms. The van der Waals surface area contributed by atoms with E-state index in [0.29, 0.717) is 12.1 Å². The molecule has 106 valence electrons. The van der Waals surface area contributed by atoms with Crippen LogP contribution in [-0.2, 0) is 11.3 Å². The number of carbonyl (C=O) groups excluding carboxylic acids is 1. The van der Waals surface area contributed by atoms with Gasteiger partial charge in [0.2, 0.25) is 0 Å². The number of nitrogens with one attached hydrogen (secondary N) is 1. The number of benzene rings is 2. The quantitative estimate of drug-likeness (QED) is 0.876. The first kappa shape index (κ1) is 14.5. The second-order valence-electron chi connectivity index (χ2n) is 4.35. The predicted molar refractivity (Wildman–Crippen MR) is 76.2 cm³/mol. The maximum atomic E-state index is 13.7. The molecule has 0 aliphatic rings. The molecular weight excluding hydrogens is 271 g/mol. The minimum absolute atomic E-state index is 0.224. The van der Waals surface area contributed by atoms with Crippen molar-refractivity contribution in [3.05, 3.63) is 65.0 Å². The van der Waals surface area contributed by atoms with Gasteiger partial charge in [0.15, 0.2) is 0 Å². The van der Waals surface area contributed by atoms with Crippen LogP contribution in [0.3, 0.4) is 0 Å². The van der Waals surface area contributed by atoms with E-state index < -0.39 is 11.8 Å². The lowest BCUT2D eigenvalue weighted by Crippen LogP contribution is -2.05. The van der Waals surface area contributed by atoms with E-state index in [1.54, 1.807) is 24.3 Å². The van der Waals surface area contributed by atoms with Crippen molar-refractivity contribution in [2.75, 3.05) is 12.4 Å². The number of nitriles is 1. The number of esters is 1. The molecule has 0 spiro atoms. The van der Waals surface area contributed by atoms with Crippen LogP contribution in [0.4, 0.5) is 10.1 Å². The molecule has 0 heterocycles. The Morgan fingerprint density at radius 3 is 2.62 bits per heavy atom. The molecule has 2 aromatic carbocycles. The number of hydrogen-bond acceptors (Lipinski definition) is 4. The van der Waals surface area contributed by atoms with E-state index in [1.807, 2.05) is 6.07 Å². The van der Waals surface area contributed by atoms with Gasteiger partial charge in [0.1, 0.15) is 5.82 Å². The van der Waals surface area contributed by atoms with Crippen molar-refractivity contribution >= 4 is 11.7 Å². The van der Waals surface area contributed by atoms with Crippen molar-refractivity contribution in [1.29, 1.82) is 5.26 Å². The number of methoxy groups -OCH3 is 1. The summed E-state index contributed by atoms with van der Waals surface area (Å²) in [4.78, 5) is 11.4. The molecule has 0 saturated heterocycles. The monoisotopic (exact) mass is 284 g/mol. The zero-order valence-corrected chi connectivity index (χ0v) is 11.4. The first-order chi connectivity index (χ1) is 10.1. The molecule has 21 heavy (non-hydrogen) atoms. The van der Waals surface area contributed by atoms with Crippen LogP contribution >= 0.6 is 0 Å². The normalized spacial score (nSPS) is 9.76. The largest absolute Gasteiger partial charge is 0.465 e. The SMILES string of the molecule is COC(=O)c1ccc(F)c(NCc2ccc(C#N)cc2)c1. The molecule has 1 N–H and O–H groups in total. The molecule has 0 saturated carbocycles. The van der Waals surface area contributed by atoms with Crippen molar-refractivity contribution in [3.63, 3.8) is 0 Å². The first-order valence-corrected chi connectivity index (χ1v) is 6.25. The van der Waals surface area contributed by atoms with E-state index in [9.17, 15) is 9.18 Å². The molecule has 2 rings (SSSR count). The number of hydrogen-bond donors (Lipinski definition) is 1. The zero-order chi connectivity index (χ0) is 15.2. The number of ether oxygens (including phenoxy) is 1. The molecule has 2 aromatic rings. The van der Waals surface area contributed by atoms with Gasteiger partial charge in [-0.25, -0.2) is 9.18 Å². The Balaban J connectivity index is 2.11. The Morgan fingerprint density at radius 1 is 1.29 bits per heavy atom. The number of anilines is 1. The Bertz CT molecular complexity index is 690. The summed E-state index contributed by atoms with van der Waals surface area (Å²) in [6.45, 7) is 0.382. The fourth-order valence-corrected chi connectivity index (χ4v) is 1.80. The minimum atomic E-state index is -0.517. The average Bonchev–Trinajstić information content (AvgIpc) is 2.53. The van der Waals surface area contributed by atoms with Crippen molar-refractivity contribution < 1.29 is 13.9 Å². The molecule has 0 aliphatic heterocycles. The lowest BCUT2D eigenvalue weighted by Gasteiger charge is -2.09. The Kier molecular flexibility index (Phi) is 4.52.